The summed E-state index contributed by atoms with van der Waals surface area (Å²) in [5.74, 6) is 0. The van der Waals surface area contributed by atoms with Crippen molar-refractivity contribution in [1.29, 1.82) is 0 Å². The average Bonchev–Trinajstić information content (AvgIpc) is 2.27. The molecule has 1 heterocycles. The maximum atomic E-state index is 2.45. The molecule has 1 saturated heterocycles. The summed E-state index contributed by atoms with van der Waals surface area (Å²) in [6.07, 6.45) is 4.59. The highest BCUT2D eigenvalue weighted by atomic mass is 32.1. The summed E-state index contributed by atoms with van der Waals surface area (Å²) in [5.41, 5.74) is 0. The average molecular weight is 218 g/mol. The molecule has 0 radical (unpaired) electrons. The van der Waals surface area contributed by atoms with Crippen molar-refractivity contribution in [3.63, 3.8) is 0 Å². The van der Waals surface area contributed by atoms with Crippen LogP contribution in [0.15, 0.2) is 0 Å². The lowest BCUT2D eigenvalue weighted by Gasteiger charge is -2.40. The van der Waals surface area contributed by atoms with Crippen LogP contribution in [0.5, 0.6) is 0 Å². The molecule has 0 aliphatic carbocycles. The van der Waals surface area contributed by atoms with E-state index in [1.165, 1.54) is 6.42 Å². The fraction of sp³-hybridized carbons (Fsp3) is 1.00. The first-order valence-corrected chi connectivity index (χ1v) is 9.04. The number of hydrogen-bond acceptors (Lipinski definition) is 0. The van der Waals surface area contributed by atoms with Gasteiger partial charge in [-0.3, -0.25) is 0 Å². The quantitative estimate of drug-likeness (QED) is 0.509. The smallest absolute Gasteiger partial charge is 0.0141 e. The summed E-state index contributed by atoms with van der Waals surface area (Å²) in [6.45, 7) is 14.7. The Bertz CT molecular complexity index is 154. The van der Waals surface area contributed by atoms with Crippen LogP contribution in [0, 0.1) is 0 Å². The summed E-state index contributed by atoms with van der Waals surface area (Å²) in [6, 6.07) is 0. The molecule has 0 N–H and O–H groups in total. The highest BCUT2D eigenvalue weighted by molar-refractivity contribution is 8.31. The van der Waals surface area contributed by atoms with Gasteiger partial charge in [-0.05, 0) is 29.1 Å². The highest BCUT2D eigenvalue weighted by Crippen LogP contribution is 2.83. The molecule has 1 aliphatic heterocycles. The van der Waals surface area contributed by atoms with Crippen LogP contribution in [0.4, 0.5) is 0 Å². The van der Waals surface area contributed by atoms with Crippen molar-refractivity contribution in [1.82, 2.24) is 0 Å². The Hall–Kier alpha value is 0.860. The Balaban J connectivity index is 2.76. The van der Waals surface area contributed by atoms with E-state index < -0.39 is 0 Å². The minimum Gasteiger partial charge on any atom is -0.0749 e. The first kappa shape index (κ1) is 11.9. The zero-order valence-corrected chi connectivity index (χ0v) is 11.8. The predicted molar refractivity (Wildman–Crippen MR) is 67.7 cm³/mol. The van der Waals surface area contributed by atoms with Gasteiger partial charge in [0, 0.05) is 0 Å². The topological polar surface area (TPSA) is 0 Å². The van der Waals surface area contributed by atoms with Gasteiger partial charge in [0.15, 0.2) is 0 Å². The lowest BCUT2D eigenvalue weighted by molar-refractivity contribution is 0.778. The summed E-state index contributed by atoms with van der Waals surface area (Å²) in [4.78, 5) is 0. The molecule has 0 nitrogen and oxygen atoms in total. The van der Waals surface area contributed by atoms with E-state index in [1.54, 1.807) is 12.3 Å². The first-order valence-electron chi connectivity index (χ1n) is 5.28. The van der Waals surface area contributed by atoms with Crippen LogP contribution in [0.2, 0.25) is 0 Å². The first-order chi connectivity index (χ1) is 5.73. The summed E-state index contributed by atoms with van der Waals surface area (Å²) in [7, 11) is 0.654. The Kier molecular flexibility index (Phi) is 3.47. The largest absolute Gasteiger partial charge is 0.0749 e. The molecular formula is C11H24P2. The van der Waals surface area contributed by atoms with Gasteiger partial charge < -0.3 is 0 Å². The summed E-state index contributed by atoms with van der Waals surface area (Å²) in [5, 5.41) is 1.20. The van der Waals surface area contributed by atoms with Gasteiger partial charge in [0.05, 0.1) is 0 Å². The normalized spacial score (nSPS) is 30.9. The zero-order valence-electron chi connectivity index (χ0n) is 10.0. The van der Waals surface area contributed by atoms with Crippen LogP contribution in [0.25, 0.3) is 0 Å². The van der Waals surface area contributed by atoms with Crippen LogP contribution >= 0.6 is 15.2 Å². The molecule has 0 saturated carbocycles. The van der Waals surface area contributed by atoms with Crippen molar-refractivity contribution in [2.24, 2.45) is 0 Å². The highest BCUT2D eigenvalue weighted by Gasteiger charge is 2.40. The van der Waals surface area contributed by atoms with Crippen LogP contribution in [0.3, 0.4) is 0 Å². The van der Waals surface area contributed by atoms with Crippen molar-refractivity contribution in [3.05, 3.63) is 0 Å². The Morgan fingerprint density at radius 2 is 1.00 bits per heavy atom. The molecule has 0 aromatic heterocycles. The second-order valence-electron chi connectivity index (χ2n) is 5.94. The molecule has 13 heavy (non-hydrogen) atoms. The van der Waals surface area contributed by atoms with E-state index in [0.717, 1.165) is 0 Å². The minimum atomic E-state index is 0.327. The third kappa shape index (κ3) is 2.90. The van der Waals surface area contributed by atoms with Crippen LogP contribution in [-0.4, -0.2) is 22.6 Å². The molecule has 0 spiro atoms. The van der Waals surface area contributed by atoms with Gasteiger partial charge in [0.2, 0.25) is 0 Å². The molecule has 2 heteroatoms. The Morgan fingerprint density at radius 3 is 1.23 bits per heavy atom. The zero-order chi connectivity index (χ0) is 10.3. The Labute approximate surface area is 86.3 Å². The van der Waals surface area contributed by atoms with Crippen LogP contribution < -0.4 is 0 Å². The van der Waals surface area contributed by atoms with Gasteiger partial charge in [0.25, 0.3) is 0 Å². The second-order valence-corrected chi connectivity index (χ2v) is 14.0. The van der Waals surface area contributed by atoms with Crippen molar-refractivity contribution in [2.75, 3.05) is 12.3 Å². The summed E-state index contributed by atoms with van der Waals surface area (Å²) < 4.78 is 0. The molecule has 2 unspecified atom stereocenters. The molecule has 1 fully saturated rings. The van der Waals surface area contributed by atoms with E-state index in [4.69, 9.17) is 0 Å². The monoisotopic (exact) mass is 218 g/mol. The van der Waals surface area contributed by atoms with E-state index in [-0.39, 0.29) is 0 Å². The Morgan fingerprint density at radius 1 is 0.692 bits per heavy atom. The molecule has 0 bridgehead atoms. The van der Waals surface area contributed by atoms with E-state index >= 15 is 0 Å². The molecule has 2 atom stereocenters. The van der Waals surface area contributed by atoms with Crippen LogP contribution in [-0.2, 0) is 0 Å². The maximum absolute atomic E-state index is 2.45. The van der Waals surface area contributed by atoms with Gasteiger partial charge in [-0.1, -0.05) is 56.8 Å². The van der Waals surface area contributed by atoms with Crippen molar-refractivity contribution < 1.29 is 0 Å². The van der Waals surface area contributed by atoms with Crippen molar-refractivity contribution in [2.45, 2.75) is 58.3 Å². The fourth-order valence-electron chi connectivity index (χ4n) is 2.01. The fourth-order valence-corrected chi connectivity index (χ4v) is 13.1. The minimum absolute atomic E-state index is 0.327. The third-order valence-electron chi connectivity index (χ3n) is 2.58. The number of rotatable bonds is 0. The maximum Gasteiger partial charge on any atom is -0.0141 e. The SMILES string of the molecule is CC(C)(C)P1CCCP1C(C)(C)C. The van der Waals surface area contributed by atoms with Gasteiger partial charge in [0.1, 0.15) is 0 Å². The molecular weight excluding hydrogens is 194 g/mol. The standard InChI is InChI=1S/C11H24P2/c1-10(2,3)12-8-7-9-13(12)11(4,5)6/h7-9H2,1-6H3. The number of hydrogen-bond donors (Lipinski definition) is 0. The second kappa shape index (κ2) is 3.79. The van der Waals surface area contributed by atoms with Crippen molar-refractivity contribution >= 4 is 15.2 Å². The van der Waals surface area contributed by atoms with E-state index in [2.05, 4.69) is 41.5 Å². The van der Waals surface area contributed by atoms with Gasteiger partial charge in [-0.15, -0.1) is 0 Å². The molecule has 0 amide bonds. The third-order valence-corrected chi connectivity index (χ3v) is 14.3. The lowest BCUT2D eigenvalue weighted by atomic mass is 10.3. The lowest BCUT2D eigenvalue weighted by Crippen LogP contribution is -2.16. The van der Waals surface area contributed by atoms with Crippen molar-refractivity contribution in [3.8, 4) is 0 Å². The predicted octanol–water partition coefficient (Wildman–Crippen LogP) is 4.87. The molecule has 0 aromatic rings. The molecule has 78 valence electrons. The van der Waals surface area contributed by atoms with Crippen LogP contribution in [0.1, 0.15) is 48.0 Å². The van der Waals surface area contributed by atoms with E-state index in [9.17, 15) is 0 Å². The summed E-state index contributed by atoms with van der Waals surface area (Å²) >= 11 is 0. The van der Waals surface area contributed by atoms with Gasteiger partial charge in [-0.25, -0.2) is 0 Å². The van der Waals surface area contributed by atoms with E-state index in [1.807, 2.05) is 0 Å². The van der Waals surface area contributed by atoms with Gasteiger partial charge in [-0.2, -0.15) is 0 Å². The molecule has 1 rings (SSSR count). The molecule has 0 aromatic carbocycles. The molecule has 1 aliphatic rings. The van der Waals surface area contributed by atoms with E-state index in [0.29, 0.717) is 25.5 Å². The van der Waals surface area contributed by atoms with Gasteiger partial charge >= 0.3 is 0 Å².